The normalized spacial score (nSPS) is 16.7. The minimum absolute atomic E-state index is 0.394. The number of hydrogen-bond donors (Lipinski definition) is 1. The molecular formula is C41H32N2S. The van der Waals surface area contributed by atoms with E-state index in [-0.39, 0.29) is 0 Å². The molecule has 2 aliphatic carbocycles. The van der Waals surface area contributed by atoms with Crippen molar-refractivity contribution in [3.8, 4) is 22.3 Å². The van der Waals surface area contributed by atoms with E-state index in [4.69, 9.17) is 10.7 Å². The molecule has 1 heterocycles. The first-order chi connectivity index (χ1) is 21.6. The summed E-state index contributed by atoms with van der Waals surface area (Å²) in [5.74, 6) is 0. The number of aryl methyl sites for hydroxylation is 1. The Hall–Kier alpha value is -4.99. The second kappa shape index (κ2) is 10.0. The average Bonchev–Trinajstić information content (AvgIpc) is 3.66. The van der Waals surface area contributed by atoms with Crippen molar-refractivity contribution in [3.63, 3.8) is 0 Å². The lowest BCUT2D eigenvalue weighted by Gasteiger charge is -2.31. The van der Waals surface area contributed by atoms with Gasteiger partial charge in [0.2, 0.25) is 0 Å². The third-order valence-corrected chi connectivity index (χ3v) is 10.5. The Morgan fingerprint density at radius 1 is 0.818 bits per heavy atom. The van der Waals surface area contributed by atoms with E-state index in [0.29, 0.717) is 6.54 Å². The number of allylic oxidation sites excluding steroid dienone is 4. The number of fused-ring (bicyclic) bond motifs is 14. The second-order valence-corrected chi connectivity index (χ2v) is 12.9. The molecule has 0 radical (unpaired) electrons. The zero-order valence-electron chi connectivity index (χ0n) is 24.9. The molecule has 0 saturated carbocycles. The molecule has 1 unspecified atom stereocenters. The molecule has 6 aromatic rings. The molecule has 212 valence electrons. The number of aliphatic imine (C=N–C) groups is 1. The molecule has 8 rings (SSSR count). The molecule has 1 aromatic heterocycles. The third kappa shape index (κ3) is 3.63. The Kier molecular flexibility index (Phi) is 6.08. The number of hydrogen-bond acceptors (Lipinski definition) is 3. The lowest BCUT2D eigenvalue weighted by Crippen LogP contribution is -2.26. The van der Waals surface area contributed by atoms with Crippen LogP contribution in [0.25, 0.3) is 42.4 Å². The standard InChI is InChI=1S/C41H32N2S/c1-4-9-26(3)28(22-42)24-43-23-27-15-17-30-29-16-14-25(2)20-36(29)41(37(30)21-27)34-12-7-5-11-33(34)39-35(41)19-18-32-31-10-6-8-13-38(31)44-40(32)39/h4-22,24H,3,23,42H2,1-2H3/b9-4-,28-22+,43-24?. The van der Waals surface area contributed by atoms with Gasteiger partial charge in [-0.2, -0.15) is 0 Å². The van der Waals surface area contributed by atoms with Crippen molar-refractivity contribution in [1.82, 2.24) is 0 Å². The third-order valence-electron chi connectivity index (χ3n) is 9.33. The van der Waals surface area contributed by atoms with Gasteiger partial charge < -0.3 is 5.73 Å². The number of nitrogens with two attached hydrogens (primary N) is 1. The lowest BCUT2D eigenvalue weighted by molar-refractivity contribution is 0.791. The van der Waals surface area contributed by atoms with Gasteiger partial charge in [0.15, 0.2) is 0 Å². The van der Waals surface area contributed by atoms with E-state index in [1.807, 2.05) is 36.6 Å². The van der Waals surface area contributed by atoms with Gasteiger partial charge in [-0.1, -0.05) is 115 Å². The molecule has 5 aromatic carbocycles. The zero-order valence-corrected chi connectivity index (χ0v) is 25.7. The highest BCUT2D eigenvalue weighted by molar-refractivity contribution is 7.26. The summed E-state index contributed by atoms with van der Waals surface area (Å²) in [5, 5.41) is 2.67. The molecule has 0 amide bonds. The van der Waals surface area contributed by atoms with E-state index in [1.165, 1.54) is 75.8 Å². The van der Waals surface area contributed by atoms with Crippen molar-refractivity contribution in [2.24, 2.45) is 10.7 Å². The minimum atomic E-state index is -0.394. The fourth-order valence-electron chi connectivity index (χ4n) is 7.49. The van der Waals surface area contributed by atoms with Crippen molar-refractivity contribution < 1.29 is 0 Å². The molecule has 1 spiro atoms. The van der Waals surface area contributed by atoms with Crippen molar-refractivity contribution >= 4 is 37.7 Å². The van der Waals surface area contributed by atoms with Crippen LogP contribution in [0.2, 0.25) is 0 Å². The van der Waals surface area contributed by atoms with Crippen LogP contribution in [-0.2, 0) is 12.0 Å². The molecule has 0 aliphatic heterocycles. The van der Waals surface area contributed by atoms with Crippen molar-refractivity contribution in [3.05, 3.63) is 167 Å². The highest BCUT2D eigenvalue weighted by Crippen LogP contribution is 2.64. The summed E-state index contributed by atoms with van der Waals surface area (Å²) in [4.78, 5) is 4.81. The van der Waals surface area contributed by atoms with E-state index in [2.05, 4.69) is 111 Å². The maximum atomic E-state index is 5.90. The maximum Gasteiger partial charge on any atom is 0.0726 e. The molecule has 2 aliphatic rings. The summed E-state index contributed by atoms with van der Waals surface area (Å²) in [6, 6.07) is 36.6. The second-order valence-electron chi connectivity index (χ2n) is 11.8. The summed E-state index contributed by atoms with van der Waals surface area (Å²) in [7, 11) is 0. The molecule has 0 fully saturated rings. The predicted molar refractivity (Wildman–Crippen MR) is 189 cm³/mol. The van der Waals surface area contributed by atoms with Crippen LogP contribution < -0.4 is 5.73 Å². The van der Waals surface area contributed by atoms with Crippen LogP contribution in [0.15, 0.2) is 138 Å². The maximum absolute atomic E-state index is 5.90. The first-order valence-corrected chi connectivity index (χ1v) is 15.9. The largest absolute Gasteiger partial charge is 0.404 e. The van der Waals surface area contributed by atoms with Crippen LogP contribution in [-0.4, -0.2) is 6.21 Å². The number of rotatable bonds is 5. The SMILES string of the molecule is C=C(/C=C\C)/C(C=NCc1ccc2c(c1)C1(c3cc(C)ccc3-2)c2ccccc2-c2c1ccc1c2sc2ccccc21)=C/N. The molecule has 2 nitrogen and oxygen atoms in total. The number of nitrogens with zero attached hydrogens (tertiary/aromatic N) is 1. The fraction of sp³-hybridized carbons (Fsp3) is 0.0976. The number of thiophene rings is 1. The first kappa shape index (κ1) is 26.6. The van der Waals surface area contributed by atoms with Crippen molar-refractivity contribution in [2.45, 2.75) is 25.8 Å². The van der Waals surface area contributed by atoms with Gasteiger partial charge in [0.05, 0.1) is 12.0 Å². The summed E-state index contributed by atoms with van der Waals surface area (Å²) in [6.07, 6.45) is 7.32. The van der Waals surface area contributed by atoms with E-state index in [0.717, 1.165) is 11.1 Å². The summed E-state index contributed by atoms with van der Waals surface area (Å²) >= 11 is 1.92. The van der Waals surface area contributed by atoms with Gasteiger partial charge in [-0.3, -0.25) is 4.99 Å². The predicted octanol–water partition coefficient (Wildman–Crippen LogP) is 10.3. The van der Waals surface area contributed by atoms with E-state index >= 15 is 0 Å². The topological polar surface area (TPSA) is 38.4 Å². The van der Waals surface area contributed by atoms with Gasteiger partial charge in [0, 0.05) is 43.7 Å². The molecule has 44 heavy (non-hydrogen) atoms. The summed E-state index contributed by atoms with van der Waals surface area (Å²) in [5.41, 5.74) is 20.4. The molecule has 0 saturated heterocycles. The Labute approximate surface area is 262 Å². The highest BCUT2D eigenvalue weighted by atomic mass is 32.1. The van der Waals surface area contributed by atoms with Gasteiger partial charge in [0.1, 0.15) is 0 Å². The van der Waals surface area contributed by atoms with Crippen LogP contribution in [0.5, 0.6) is 0 Å². The van der Waals surface area contributed by atoms with Crippen LogP contribution in [0.1, 0.15) is 40.3 Å². The van der Waals surface area contributed by atoms with Gasteiger partial charge in [0.25, 0.3) is 0 Å². The lowest BCUT2D eigenvalue weighted by atomic mass is 9.70. The monoisotopic (exact) mass is 584 g/mol. The van der Waals surface area contributed by atoms with Crippen LogP contribution in [0, 0.1) is 6.92 Å². The average molecular weight is 585 g/mol. The Morgan fingerprint density at radius 2 is 1.59 bits per heavy atom. The van der Waals surface area contributed by atoms with Gasteiger partial charge in [-0.15, -0.1) is 11.3 Å². The van der Waals surface area contributed by atoms with Crippen molar-refractivity contribution in [2.75, 3.05) is 0 Å². The van der Waals surface area contributed by atoms with Gasteiger partial charge >= 0.3 is 0 Å². The van der Waals surface area contributed by atoms with E-state index in [1.54, 1.807) is 6.20 Å². The van der Waals surface area contributed by atoms with E-state index < -0.39 is 5.41 Å². The molecule has 3 heteroatoms. The van der Waals surface area contributed by atoms with Crippen molar-refractivity contribution in [1.29, 1.82) is 0 Å². The first-order valence-electron chi connectivity index (χ1n) is 15.1. The Morgan fingerprint density at radius 3 is 2.43 bits per heavy atom. The Bertz CT molecular complexity index is 2260. The number of benzene rings is 5. The molecular weight excluding hydrogens is 553 g/mol. The van der Waals surface area contributed by atoms with Crippen LogP contribution in [0.3, 0.4) is 0 Å². The highest BCUT2D eigenvalue weighted by Gasteiger charge is 2.52. The molecule has 2 N–H and O–H groups in total. The van der Waals surface area contributed by atoms with Gasteiger partial charge in [-0.05, 0) is 70.0 Å². The van der Waals surface area contributed by atoms with Crippen LogP contribution >= 0.6 is 11.3 Å². The molecule has 0 bridgehead atoms. The zero-order chi connectivity index (χ0) is 30.0. The molecule has 1 atom stereocenters. The smallest absolute Gasteiger partial charge is 0.0726 e. The Balaban J connectivity index is 1.37. The summed E-state index contributed by atoms with van der Waals surface area (Å²) < 4.78 is 2.71. The summed E-state index contributed by atoms with van der Waals surface area (Å²) in [6.45, 7) is 8.86. The fourth-order valence-corrected chi connectivity index (χ4v) is 8.75. The van der Waals surface area contributed by atoms with Crippen LogP contribution in [0.4, 0.5) is 0 Å². The van der Waals surface area contributed by atoms with Gasteiger partial charge in [-0.25, -0.2) is 0 Å². The van der Waals surface area contributed by atoms with E-state index in [9.17, 15) is 0 Å². The quantitative estimate of drug-likeness (QED) is 0.159. The minimum Gasteiger partial charge on any atom is -0.404 e.